The van der Waals surface area contributed by atoms with Gasteiger partial charge in [-0.3, -0.25) is 0 Å². The molecule has 1 unspecified atom stereocenters. The topological polar surface area (TPSA) is 63.6 Å². The molecular weight excluding hydrogens is 384 g/mol. The number of carboxylic acid groups (broad SMARTS) is 1. The summed E-state index contributed by atoms with van der Waals surface area (Å²) < 4.78 is 5.17. The number of carboxylic acids is 1. The molecule has 1 heterocycles. The molecule has 29 heavy (non-hydrogen) atoms. The second-order valence-electron chi connectivity index (χ2n) is 7.02. The van der Waals surface area contributed by atoms with E-state index in [2.05, 4.69) is 13.8 Å². The smallest absolute Gasteiger partial charge is 0.339 e. The zero-order valence-corrected chi connectivity index (χ0v) is 18.7. The Kier molecular flexibility index (Phi) is 12.7. The Labute approximate surface area is 178 Å². The molecule has 1 atom stereocenters. The molecule has 2 aromatic rings. The Balaban J connectivity index is 0.000000726. The van der Waals surface area contributed by atoms with E-state index in [1.54, 1.807) is 23.5 Å². The van der Waals surface area contributed by atoms with Crippen molar-refractivity contribution >= 4 is 23.3 Å². The van der Waals surface area contributed by atoms with E-state index in [1.165, 1.54) is 0 Å². The highest BCUT2D eigenvalue weighted by atomic mass is 32.1. The first-order chi connectivity index (χ1) is 14.0. The fraction of sp³-hybridized carbons (Fsp3) is 0.500. The summed E-state index contributed by atoms with van der Waals surface area (Å²) in [5.41, 5.74) is 1.20. The van der Waals surface area contributed by atoms with Crippen LogP contribution in [0.2, 0.25) is 0 Å². The van der Waals surface area contributed by atoms with E-state index in [0.29, 0.717) is 12.5 Å². The van der Waals surface area contributed by atoms with Crippen LogP contribution >= 0.6 is 11.3 Å². The average Bonchev–Trinajstić information content (AvgIpc) is 3.31. The predicted octanol–water partition coefficient (Wildman–Crippen LogP) is 7.16. The third-order valence-corrected chi connectivity index (χ3v) is 5.29. The number of ether oxygens (including phenoxy) is 1. The van der Waals surface area contributed by atoms with Crippen molar-refractivity contribution < 1.29 is 19.4 Å². The molecule has 0 fully saturated rings. The Bertz CT molecular complexity index is 692. The van der Waals surface area contributed by atoms with Crippen molar-refractivity contribution in [2.45, 2.75) is 71.6 Å². The lowest BCUT2D eigenvalue weighted by Crippen LogP contribution is -2.13. The van der Waals surface area contributed by atoms with Gasteiger partial charge in [0.25, 0.3) is 0 Å². The third-order valence-electron chi connectivity index (χ3n) is 4.67. The van der Waals surface area contributed by atoms with Crippen molar-refractivity contribution in [1.29, 1.82) is 0 Å². The van der Waals surface area contributed by atoms with Crippen LogP contribution in [-0.4, -0.2) is 23.7 Å². The molecule has 0 bridgehead atoms. The molecule has 160 valence electrons. The highest BCUT2D eigenvalue weighted by Crippen LogP contribution is 2.29. The van der Waals surface area contributed by atoms with Crippen LogP contribution in [0.3, 0.4) is 0 Å². The third kappa shape index (κ3) is 9.27. The standard InChI is InChI=1S/C20H30O4.C4H4S/c1-4-7-10-15(9-6-3)16-11-12-17(18(14-16)19(21)22)20(23)24-13-8-5-2;1-2-4-5-3-1/h11-12,14-15H,4-10,13H2,1-3H3,(H,21,22);1-4H. The van der Waals surface area contributed by atoms with Gasteiger partial charge in [0.15, 0.2) is 0 Å². The maximum atomic E-state index is 12.1. The van der Waals surface area contributed by atoms with E-state index in [1.807, 2.05) is 35.9 Å². The molecule has 1 aromatic carbocycles. The highest BCUT2D eigenvalue weighted by molar-refractivity contribution is 7.07. The summed E-state index contributed by atoms with van der Waals surface area (Å²) in [5.74, 6) is -1.28. The van der Waals surface area contributed by atoms with Gasteiger partial charge in [0.05, 0.1) is 17.7 Å². The van der Waals surface area contributed by atoms with Gasteiger partial charge in [-0.25, -0.2) is 9.59 Å². The van der Waals surface area contributed by atoms with Crippen molar-refractivity contribution in [3.63, 3.8) is 0 Å². The van der Waals surface area contributed by atoms with E-state index in [-0.39, 0.29) is 11.1 Å². The Morgan fingerprint density at radius 2 is 1.66 bits per heavy atom. The Hall–Kier alpha value is -2.14. The van der Waals surface area contributed by atoms with Crippen molar-refractivity contribution in [1.82, 2.24) is 0 Å². The number of thiophene rings is 1. The van der Waals surface area contributed by atoms with Crippen LogP contribution in [0.15, 0.2) is 41.1 Å². The van der Waals surface area contributed by atoms with Crippen LogP contribution in [0.4, 0.5) is 0 Å². The van der Waals surface area contributed by atoms with Crippen molar-refractivity contribution in [3.05, 3.63) is 57.8 Å². The van der Waals surface area contributed by atoms with E-state index in [9.17, 15) is 14.7 Å². The van der Waals surface area contributed by atoms with Gasteiger partial charge in [-0.15, -0.1) is 0 Å². The van der Waals surface area contributed by atoms with Gasteiger partial charge in [-0.1, -0.05) is 64.7 Å². The van der Waals surface area contributed by atoms with Gasteiger partial charge in [-0.05, 0) is 53.6 Å². The van der Waals surface area contributed by atoms with Gasteiger partial charge in [-0.2, -0.15) is 11.3 Å². The largest absolute Gasteiger partial charge is 0.478 e. The van der Waals surface area contributed by atoms with Crippen LogP contribution in [0.1, 0.15) is 97.9 Å². The lowest BCUT2D eigenvalue weighted by molar-refractivity contribution is 0.0489. The number of benzene rings is 1. The van der Waals surface area contributed by atoms with Gasteiger partial charge >= 0.3 is 11.9 Å². The Morgan fingerprint density at radius 3 is 2.17 bits per heavy atom. The lowest BCUT2D eigenvalue weighted by Gasteiger charge is -2.18. The Morgan fingerprint density at radius 1 is 0.966 bits per heavy atom. The van der Waals surface area contributed by atoms with Crippen LogP contribution < -0.4 is 0 Å². The minimum Gasteiger partial charge on any atom is -0.478 e. The molecule has 0 saturated heterocycles. The highest BCUT2D eigenvalue weighted by Gasteiger charge is 2.20. The van der Waals surface area contributed by atoms with E-state index in [4.69, 9.17) is 4.74 Å². The molecule has 1 N–H and O–H groups in total. The summed E-state index contributed by atoms with van der Waals surface area (Å²) in [4.78, 5) is 23.7. The monoisotopic (exact) mass is 418 g/mol. The van der Waals surface area contributed by atoms with Gasteiger partial charge in [0.1, 0.15) is 0 Å². The zero-order chi connectivity index (χ0) is 21.5. The minimum absolute atomic E-state index is 0.0478. The molecule has 0 spiro atoms. The van der Waals surface area contributed by atoms with Crippen molar-refractivity contribution in [2.75, 3.05) is 6.61 Å². The number of hydrogen-bond donors (Lipinski definition) is 1. The molecule has 1 aromatic heterocycles. The minimum atomic E-state index is -1.08. The number of aromatic carboxylic acids is 1. The maximum absolute atomic E-state index is 12.1. The molecule has 4 nitrogen and oxygen atoms in total. The molecular formula is C24H34O4S. The summed E-state index contributed by atoms with van der Waals surface area (Å²) in [5, 5.41) is 13.6. The first kappa shape index (κ1) is 24.9. The van der Waals surface area contributed by atoms with Crippen LogP contribution in [-0.2, 0) is 4.74 Å². The summed E-state index contributed by atoms with van der Waals surface area (Å²) in [6.45, 7) is 6.62. The molecule has 5 heteroatoms. The fourth-order valence-corrected chi connectivity index (χ4v) is 3.51. The summed E-state index contributed by atoms with van der Waals surface area (Å²) >= 11 is 1.71. The SMILES string of the molecule is CCCCOC(=O)c1ccc(C(CCC)CCCC)cc1C(=O)O.c1ccsc1. The molecule has 0 aliphatic heterocycles. The molecule has 0 saturated carbocycles. The van der Waals surface area contributed by atoms with Gasteiger partial charge in [0.2, 0.25) is 0 Å². The zero-order valence-electron chi connectivity index (χ0n) is 17.9. The molecule has 2 rings (SSSR count). The maximum Gasteiger partial charge on any atom is 0.339 e. The number of esters is 1. The normalized spacial score (nSPS) is 11.3. The lowest BCUT2D eigenvalue weighted by atomic mass is 9.88. The van der Waals surface area contributed by atoms with Crippen LogP contribution in [0.25, 0.3) is 0 Å². The van der Waals surface area contributed by atoms with E-state index < -0.39 is 11.9 Å². The van der Waals surface area contributed by atoms with Gasteiger partial charge < -0.3 is 9.84 Å². The number of hydrogen-bond acceptors (Lipinski definition) is 4. The molecule has 0 aliphatic carbocycles. The van der Waals surface area contributed by atoms with Crippen LogP contribution in [0, 0.1) is 0 Å². The first-order valence-corrected chi connectivity index (χ1v) is 11.5. The quantitative estimate of drug-likeness (QED) is 0.310. The summed E-state index contributed by atoms with van der Waals surface area (Å²) in [6, 6.07) is 9.20. The summed E-state index contributed by atoms with van der Waals surface area (Å²) in [6.07, 6.45) is 7.07. The molecule has 0 aliphatic rings. The fourth-order valence-electron chi connectivity index (χ4n) is 3.06. The number of carbonyl (C=O) groups is 2. The average molecular weight is 419 g/mol. The second-order valence-corrected chi connectivity index (χ2v) is 7.84. The molecule has 0 radical (unpaired) electrons. The van der Waals surface area contributed by atoms with E-state index in [0.717, 1.165) is 50.5 Å². The molecule has 0 amide bonds. The van der Waals surface area contributed by atoms with Crippen molar-refractivity contribution in [3.8, 4) is 0 Å². The number of rotatable bonds is 11. The van der Waals surface area contributed by atoms with Crippen molar-refractivity contribution in [2.24, 2.45) is 0 Å². The summed E-state index contributed by atoms with van der Waals surface area (Å²) in [7, 11) is 0. The predicted molar refractivity (Wildman–Crippen MR) is 120 cm³/mol. The first-order valence-electron chi connectivity index (χ1n) is 10.6. The van der Waals surface area contributed by atoms with Gasteiger partial charge in [0, 0.05) is 0 Å². The van der Waals surface area contributed by atoms with E-state index >= 15 is 0 Å². The number of carbonyl (C=O) groups excluding carboxylic acids is 1. The van der Waals surface area contributed by atoms with Crippen LogP contribution in [0.5, 0.6) is 0 Å². The second kappa shape index (κ2) is 14.8. The number of unbranched alkanes of at least 4 members (excludes halogenated alkanes) is 2.